The van der Waals surface area contributed by atoms with Gasteiger partial charge in [-0.2, -0.15) is 0 Å². The van der Waals surface area contributed by atoms with Crippen LogP contribution < -0.4 is 10.7 Å². The Morgan fingerprint density at radius 2 is 1.79 bits per heavy atom. The molecule has 1 N–H and O–H groups in total. The van der Waals surface area contributed by atoms with E-state index < -0.39 is 17.4 Å². The van der Waals surface area contributed by atoms with Crippen LogP contribution in [-0.4, -0.2) is 44.5 Å². The van der Waals surface area contributed by atoms with Crippen molar-refractivity contribution in [3.05, 3.63) is 117 Å². The number of hydrogen-bond acceptors (Lipinski definition) is 8. The highest BCUT2D eigenvalue weighted by Crippen LogP contribution is 2.50. The maximum absolute atomic E-state index is 14.1. The summed E-state index contributed by atoms with van der Waals surface area (Å²) in [7, 11) is 1.82. The molecule has 1 fully saturated rings. The second kappa shape index (κ2) is 11.7. The molecule has 0 spiro atoms. The molecule has 2 aromatic carbocycles. The van der Waals surface area contributed by atoms with Gasteiger partial charge in [0, 0.05) is 36.8 Å². The number of carbonyl (C=O) groups excluding carboxylic acids is 1. The summed E-state index contributed by atoms with van der Waals surface area (Å²) in [6, 6.07) is 13.8. The number of amides is 1. The van der Waals surface area contributed by atoms with E-state index in [0.29, 0.717) is 58.8 Å². The van der Waals surface area contributed by atoms with Gasteiger partial charge in [-0.25, -0.2) is 22.9 Å². The van der Waals surface area contributed by atoms with Gasteiger partial charge in [0.15, 0.2) is 17.5 Å². The predicted octanol–water partition coefficient (Wildman–Crippen LogP) is 6.83. The van der Waals surface area contributed by atoms with Crippen molar-refractivity contribution < 1.29 is 22.5 Å². The highest BCUT2D eigenvalue weighted by molar-refractivity contribution is 7.23. The summed E-state index contributed by atoms with van der Waals surface area (Å²) in [5.41, 5.74) is 4.38. The lowest BCUT2D eigenvalue weighted by molar-refractivity contribution is 0.0776. The monoisotopic (exact) mass is 668 g/mol. The zero-order valence-corrected chi connectivity index (χ0v) is 26.4. The molecule has 1 saturated heterocycles. The van der Waals surface area contributed by atoms with Gasteiger partial charge < -0.3 is 9.80 Å². The molecule has 0 aliphatic carbocycles. The van der Waals surface area contributed by atoms with E-state index in [1.54, 1.807) is 18.3 Å². The molecule has 2 aliphatic heterocycles. The minimum Gasteiger partial charge on any atom is -0.354 e. The molecule has 0 saturated carbocycles. The molecule has 0 unspecified atom stereocenters. The molecule has 4 aromatic heterocycles. The van der Waals surface area contributed by atoms with Crippen LogP contribution in [0.5, 0.6) is 0 Å². The fourth-order valence-corrected chi connectivity index (χ4v) is 8.07. The van der Waals surface area contributed by atoms with Gasteiger partial charge in [-0.1, -0.05) is 23.4 Å². The summed E-state index contributed by atoms with van der Waals surface area (Å²) in [4.78, 5) is 43.2. The first-order chi connectivity index (χ1) is 23.2. The Labute approximate surface area is 275 Å². The van der Waals surface area contributed by atoms with Crippen molar-refractivity contribution in [3.63, 3.8) is 0 Å². The number of carbonyl (C=O) groups is 1. The van der Waals surface area contributed by atoms with E-state index in [1.165, 1.54) is 35.6 Å². The smallest absolute Gasteiger partial charge is 0.354 e. The standard InChI is InChI=1S/C35H27F3N6O3S/c1-43(17-19-6-10-22(37)23(38)15-19)33-31-20(12-13-39-33)16-26(48-31)28-27(32-41-35(46)47-42-32)24(11-7-18-4-8-21(36)9-5-18)40-30-25-3-2-14-44(25)34(45)29(28)30/h4-6,8-10,12-13,15-16,25H,2-3,7,11,14,17H2,1H3,(H,41,42,46)/t25-/m0/s1. The third-order valence-electron chi connectivity index (χ3n) is 9.01. The molecule has 0 bridgehead atoms. The molecule has 0 radical (unpaired) electrons. The number of aromatic amines is 1. The van der Waals surface area contributed by atoms with Crippen LogP contribution in [0.2, 0.25) is 0 Å². The van der Waals surface area contributed by atoms with E-state index in [-0.39, 0.29) is 30.1 Å². The summed E-state index contributed by atoms with van der Waals surface area (Å²) in [5.74, 6) is -2.24. The first kappa shape index (κ1) is 30.1. The van der Waals surface area contributed by atoms with Crippen LogP contribution in [0.3, 0.4) is 0 Å². The number of aryl methyl sites for hydroxylation is 2. The van der Waals surface area contributed by atoms with Gasteiger partial charge in [0.05, 0.1) is 33.3 Å². The molecule has 2 aliphatic rings. The number of benzene rings is 2. The highest BCUT2D eigenvalue weighted by atomic mass is 32.1. The zero-order valence-electron chi connectivity index (χ0n) is 25.6. The van der Waals surface area contributed by atoms with E-state index in [4.69, 9.17) is 9.51 Å². The van der Waals surface area contributed by atoms with Crippen LogP contribution in [-0.2, 0) is 19.4 Å². The molecular weight excluding hydrogens is 641 g/mol. The van der Waals surface area contributed by atoms with Crippen molar-refractivity contribution in [2.24, 2.45) is 0 Å². The molecule has 13 heteroatoms. The number of hydrogen-bond donors (Lipinski definition) is 1. The third-order valence-corrected chi connectivity index (χ3v) is 10.2. The molecular formula is C35H27F3N6O3S. The lowest BCUT2D eigenvalue weighted by atomic mass is 9.92. The first-order valence-corrected chi connectivity index (χ1v) is 16.3. The molecule has 6 aromatic rings. The van der Waals surface area contributed by atoms with E-state index in [2.05, 4.69) is 15.1 Å². The Morgan fingerprint density at radius 3 is 2.56 bits per heavy atom. The minimum atomic E-state index is -0.921. The topological polar surface area (TPSA) is 108 Å². The molecule has 1 amide bonds. The van der Waals surface area contributed by atoms with Crippen molar-refractivity contribution in [1.29, 1.82) is 0 Å². The van der Waals surface area contributed by atoms with Crippen molar-refractivity contribution in [2.45, 2.75) is 38.3 Å². The van der Waals surface area contributed by atoms with Gasteiger partial charge in [0.25, 0.3) is 5.91 Å². The minimum absolute atomic E-state index is 0.126. The van der Waals surface area contributed by atoms with Crippen molar-refractivity contribution in [2.75, 3.05) is 18.5 Å². The normalized spacial score (nSPS) is 15.4. The maximum atomic E-state index is 14.1. The Morgan fingerprint density at radius 1 is 0.979 bits per heavy atom. The lowest BCUT2D eigenvalue weighted by Crippen LogP contribution is -2.22. The number of halogens is 3. The van der Waals surface area contributed by atoms with Crippen LogP contribution in [0.1, 0.15) is 51.8 Å². The second-order valence-corrected chi connectivity index (χ2v) is 13.1. The van der Waals surface area contributed by atoms with E-state index in [0.717, 1.165) is 39.4 Å². The van der Waals surface area contributed by atoms with E-state index >= 15 is 0 Å². The average Bonchev–Trinajstić information content (AvgIpc) is 3.87. The zero-order chi connectivity index (χ0) is 33.1. The fraction of sp³-hybridized carbons (Fsp3) is 0.229. The average molecular weight is 669 g/mol. The van der Waals surface area contributed by atoms with E-state index in [9.17, 15) is 22.8 Å². The van der Waals surface area contributed by atoms with Crippen molar-refractivity contribution >= 4 is 33.1 Å². The molecule has 9 nitrogen and oxygen atoms in total. The number of aromatic nitrogens is 4. The number of fused-ring (bicyclic) bond motifs is 4. The quantitative estimate of drug-likeness (QED) is 0.189. The van der Waals surface area contributed by atoms with Gasteiger partial charge in [-0.05, 0) is 78.6 Å². The second-order valence-electron chi connectivity index (χ2n) is 12.1. The van der Waals surface area contributed by atoms with E-state index in [1.807, 2.05) is 29.0 Å². The molecule has 242 valence electrons. The number of pyridine rings is 2. The highest BCUT2D eigenvalue weighted by Gasteiger charge is 2.44. The fourth-order valence-electron chi connectivity index (χ4n) is 6.82. The summed E-state index contributed by atoms with van der Waals surface area (Å²) < 4.78 is 47.0. The molecule has 1 atom stereocenters. The summed E-state index contributed by atoms with van der Waals surface area (Å²) in [6.45, 7) is 0.894. The maximum Gasteiger partial charge on any atom is 0.439 e. The van der Waals surface area contributed by atoms with Gasteiger partial charge in [0.2, 0.25) is 0 Å². The number of anilines is 1. The van der Waals surface area contributed by atoms with Gasteiger partial charge in [-0.3, -0.25) is 19.3 Å². The van der Waals surface area contributed by atoms with Crippen LogP contribution >= 0.6 is 11.3 Å². The lowest BCUT2D eigenvalue weighted by Gasteiger charge is -2.19. The molecule has 8 rings (SSSR count). The van der Waals surface area contributed by atoms with Crippen LogP contribution in [0.15, 0.2) is 70.1 Å². The van der Waals surface area contributed by atoms with Gasteiger partial charge in [-0.15, -0.1) is 11.3 Å². The Balaban J connectivity index is 1.30. The SMILES string of the molecule is CN(Cc1ccc(F)c(F)c1)c1nccc2cc(-c3c4c(nc(CCc5ccc(F)cc5)c3-c3noc(=O)[nH]3)[C@@H]3CCCN3C4=O)sc12. The van der Waals surface area contributed by atoms with Crippen LogP contribution in [0.4, 0.5) is 19.0 Å². The number of H-pyrrole nitrogens is 1. The Kier molecular flexibility index (Phi) is 7.35. The van der Waals surface area contributed by atoms with Crippen molar-refractivity contribution in [1.82, 2.24) is 25.0 Å². The van der Waals surface area contributed by atoms with Crippen LogP contribution in [0.25, 0.3) is 31.9 Å². The number of rotatable bonds is 8. The number of nitrogens with zero attached hydrogens (tertiary/aromatic N) is 5. The first-order valence-electron chi connectivity index (χ1n) is 15.5. The Bertz CT molecular complexity index is 2280. The third kappa shape index (κ3) is 5.14. The van der Waals surface area contributed by atoms with Crippen LogP contribution in [0, 0.1) is 17.5 Å². The summed E-state index contributed by atoms with van der Waals surface area (Å²) in [5, 5.41) is 4.91. The molecule has 48 heavy (non-hydrogen) atoms. The predicted molar refractivity (Wildman–Crippen MR) is 174 cm³/mol. The number of thiophene rings is 1. The summed E-state index contributed by atoms with van der Waals surface area (Å²) >= 11 is 1.43. The van der Waals surface area contributed by atoms with Gasteiger partial charge >= 0.3 is 5.76 Å². The largest absolute Gasteiger partial charge is 0.439 e. The summed E-state index contributed by atoms with van der Waals surface area (Å²) in [6.07, 6.45) is 4.29. The Hall–Kier alpha value is -5.30. The molecule has 6 heterocycles. The number of nitrogens with one attached hydrogen (secondary N) is 1. The van der Waals surface area contributed by atoms with Gasteiger partial charge in [0.1, 0.15) is 11.6 Å². The van der Waals surface area contributed by atoms with Crippen molar-refractivity contribution in [3.8, 4) is 21.8 Å².